The van der Waals surface area contributed by atoms with Crippen LogP contribution in [-0.4, -0.2) is 59.2 Å². The number of anilines is 1. The molecule has 1 fully saturated rings. The van der Waals surface area contributed by atoms with Gasteiger partial charge in [0, 0.05) is 39.4 Å². The van der Waals surface area contributed by atoms with Crippen LogP contribution in [0.3, 0.4) is 0 Å². The Morgan fingerprint density at radius 2 is 1.88 bits per heavy atom. The first-order chi connectivity index (χ1) is 12.0. The highest BCUT2D eigenvalue weighted by atomic mass is 19.1. The predicted octanol–water partition coefficient (Wildman–Crippen LogP) is 0.638. The zero-order chi connectivity index (χ0) is 17.8. The average Bonchev–Trinajstić information content (AvgIpc) is 3.06. The van der Waals surface area contributed by atoms with Gasteiger partial charge in [-0.15, -0.1) is 0 Å². The fourth-order valence-electron chi connectivity index (χ4n) is 2.80. The molecule has 1 aromatic carbocycles. The summed E-state index contributed by atoms with van der Waals surface area (Å²) in [6, 6.07) is 8.21. The summed E-state index contributed by atoms with van der Waals surface area (Å²) in [5, 5.41) is 6.57. The lowest BCUT2D eigenvalue weighted by molar-refractivity contribution is -0.130. The van der Waals surface area contributed by atoms with Crippen LogP contribution in [0.4, 0.5) is 10.1 Å². The molecule has 1 N–H and O–H groups in total. The Kier molecular flexibility index (Phi) is 4.97. The molecule has 2 amide bonds. The van der Waals surface area contributed by atoms with E-state index >= 15 is 0 Å². The smallest absolute Gasteiger partial charge is 0.272 e. The van der Waals surface area contributed by atoms with E-state index in [1.165, 1.54) is 10.7 Å². The lowest BCUT2D eigenvalue weighted by Gasteiger charge is -2.36. The molecule has 1 aliphatic rings. The van der Waals surface area contributed by atoms with Crippen LogP contribution in [0.25, 0.3) is 0 Å². The van der Waals surface area contributed by atoms with Gasteiger partial charge in [-0.25, -0.2) is 4.39 Å². The van der Waals surface area contributed by atoms with Crippen molar-refractivity contribution in [3.8, 4) is 0 Å². The van der Waals surface area contributed by atoms with E-state index in [-0.39, 0.29) is 29.9 Å². The Bertz CT molecular complexity index is 768. The van der Waals surface area contributed by atoms with Crippen molar-refractivity contribution < 1.29 is 14.0 Å². The fraction of sp³-hybridized carbons (Fsp3) is 0.353. The lowest BCUT2D eigenvalue weighted by Crippen LogP contribution is -2.51. The van der Waals surface area contributed by atoms with Crippen LogP contribution in [-0.2, 0) is 11.8 Å². The summed E-state index contributed by atoms with van der Waals surface area (Å²) in [6.45, 7) is 2.02. The molecule has 8 heteroatoms. The summed E-state index contributed by atoms with van der Waals surface area (Å²) in [5.74, 6) is -0.790. The van der Waals surface area contributed by atoms with Crippen molar-refractivity contribution in [2.24, 2.45) is 7.05 Å². The van der Waals surface area contributed by atoms with Crippen molar-refractivity contribution in [2.75, 3.05) is 37.6 Å². The minimum absolute atomic E-state index is 0.0743. The molecule has 1 saturated heterocycles. The van der Waals surface area contributed by atoms with Gasteiger partial charge in [0.15, 0.2) is 0 Å². The third-order valence-corrected chi connectivity index (χ3v) is 4.17. The van der Waals surface area contributed by atoms with Crippen LogP contribution in [0.2, 0.25) is 0 Å². The molecule has 1 aromatic heterocycles. The molecule has 7 nitrogen and oxygen atoms in total. The Balaban J connectivity index is 1.48. The SMILES string of the molecule is Cn1ccc(C(=O)NCC(=O)N2CCN(c3ccccc3F)CC2)n1. The number of piperazine rings is 1. The average molecular weight is 345 g/mol. The van der Waals surface area contributed by atoms with Gasteiger partial charge in [-0.05, 0) is 18.2 Å². The third-order valence-electron chi connectivity index (χ3n) is 4.17. The summed E-state index contributed by atoms with van der Waals surface area (Å²) in [7, 11) is 1.72. The van der Waals surface area contributed by atoms with E-state index in [9.17, 15) is 14.0 Å². The van der Waals surface area contributed by atoms with Gasteiger partial charge in [-0.1, -0.05) is 12.1 Å². The van der Waals surface area contributed by atoms with Crippen LogP contribution in [0.5, 0.6) is 0 Å². The van der Waals surface area contributed by atoms with Gasteiger partial charge in [-0.3, -0.25) is 14.3 Å². The fourth-order valence-corrected chi connectivity index (χ4v) is 2.80. The molecule has 0 saturated carbocycles. The van der Waals surface area contributed by atoms with Crippen molar-refractivity contribution in [3.05, 3.63) is 48.0 Å². The molecule has 132 valence electrons. The molecule has 0 spiro atoms. The van der Waals surface area contributed by atoms with E-state index in [0.717, 1.165) is 0 Å². The number of hydrogen-bond donors (Lipinski definition) is 1. The first-order valence-corrected chi connectivity index (χ1v) is 8.09. The minimum Gasteiger partial charge on any atom is -0.366 e. The van der Waals surface area contributed by atoms with Gasteiger partial charge in [0.25, 0.3) is 5.91 Å². The minimum atomic E-state index is -0.376. The molecular weight excluding hydrogens is 325 g/mol. The number of rotatable bonds is 4. The van der Waals surface area contributed by atoms with Gasteiger partial charge < -0.3 is 15.1 Å². The van der Waals surface area contributed by atoms with Gasteiger partial charge >= 0.3 is 0 Å². The second-order valence-electron chi connectivity index (χ2n) is 5.88. The van der Waals surface area contributed by atoms with E-state index < -0.39 is 0 Å². The number of aryl methyl sites for hydroxylation is 1. The van der Waals surface area contributed by atoms with Crippen LogP contribution in [0.15, 0.2) is 36.5 Å². The van der Waals surface area contributed by atoms with Crippen LogP contribution in [0.1, 0.15) is 10.5 Å². The summed E-state index contributed by atoms with van der Waals surface area (Å²) in [6.07, 6.45) is 1.67. The molecule has 3 rings (SSSR count). The number of nitrogens with one attached hydrogen (secondary N) is 1. The Labute approximate surface area is 145 Å². The Morgan fingerprint density at radius 1 is 1.16 bits per heavy atom. The van der Waals surface area contributed by atoms with Crippen molar-refractivity contribution in [3.63, 3.8) is 0 Å². The highest BCUT2D eigenvalue weighted by molar-refractivity contribution is 5.94. The van der Waals surface area contributed by atoms with Gasteiger partial charge in [0.1, 0.15) is 11.5 Å². The maximum atomic E-state index is 13.8. The van der Waals surface area contributed by atoms with Crippen LogP contribution in [0, 0.1) is 5.82 Å². The van der Waals surface area contributed by atoms with E-state index in [1.807, 2.05) is 4.90 Å². The maximum Gasteiger partial charge on any atom is 0.272 e. The molecule has 25 heavy (non-hydrogen) atoms. The van der Waals surface area contributed by atoms with Crippen molar-refractivity contribution in [1.29, 1.82) is 0 Å². The topological polar surface area (TPSA) is 70.5 Å². The third kappa shape index (κ3) is 3.96. The number of nitrogens with zero attached hydrogens (tertiary/aromatic N) is 4. The summed E-state index contributed by atoms with van der Waals surface area (Å²) < 4.78 is 15.4. The van der Waals surface area contributed by atoms with Crippen molar-refractivity contribution in [1.82, 2.24) is 20.0 Å². The Hall–Kier alpha value is -2.90. The molecule has 0 bridgehead atoms. The largest absolute Gasteiger partial charge is 0.366 e. The van der Waals surface area contributed by atoms with E-state index in [0.29, 0.717) is 31.9 Å². The summed E-state index contributed by atoms with van der Waals surface area (Å²) >= 11 is 0. The molecule has 0 unspecified atom stereocenters. The normalized spacial score (nSPS) is 14.5. The molecule has 0 radical (unpaired) electrons. The highest BCUT2D eigenvalue weighted by Gasteiger charge is 2.23. The van der Waals surface area contributed by atoms with E-state index in [1.54, 1.807) is 42.4 Å². The summed E-state index contributed by atoms with van der Waals surface area (Å²) in [5.41, 5.74) is 0.831. The molecule has 0 aliphatic carbocycles. The number of benzene rings is 1. The number of carbonyl (C=O) groups excluding carboxylic acids is 2. The molecule has 0 atom stereocenters. The van der Waals surface area contributed by atoms with Crippen LogP contribution >= 0.6 is 0 Å². The first-order valence-electron chi connectivity index (χ1n) is 8.09. The van der Waals surface area contributed by atoms with Gasteiger partial charge in [0.2, 0.25) is 5.91 Å². The number of aromatic nitrogens is 2. The van der Waals surface area contributed by atoms with E-state index in [2.05, 4.69) is 10.4 Å². The highest BCUT2D eigenvalue weighted by Crippen LogP contribution is 2.20. The number of para-hydroxylation sites is 1. The Morgan fingerprint density at radius 3 is 2.52 bits per heavy atom. The molecule has 1 aliphatic heterocycles. The second-order valence-corrected chi connectivity index (χ2v) is 5.88. The zero-order valence-electron chi connectivity index (χ0n) is 14.0. The monoisotopic (exact) mass is 345 g/mol. The van der Waals surface area contributed by atoms with Gasteiger partial charge in [0.05, 0.1) is 12.2 Å². The van der Waals surface area contributed by atoms with Crippen molar-refractivity contribution in [2.45, 2.75) is 0 Å². The first kappa shape index (κ1) is 16.9. The zero-order valence-corrected chi connectivity index (χ0v) is 14.0. The maximum absolute atomic E-state index is 13.8. The number of halogens is 1. The summed E-state index contributed by atoms with van der Waals surface area (Å²) in [4.78, 5) is 27.8. The number of carbonyl (C=O) groups is 2. The van der Waals surface area contributed by atoms with E-state index in [4.69, 9.17) is 0 Å². The quantitative estimate of drug-likeness (QED) is 0.883. The number of hydrogen-bond acceptors (Lipinski definition) is 4. The molecule has 2 aromatic rings. The second kappa shape index (κ2) is 7.33. The number of amides is 2. The van der Waals surface area contributed by atoms with Crippen LogP contribution < -0.4 is 10.2 Å². The molecular formula is C17H20FN5O2. The standard InChI is InChI=1S/C17H20FN5O2/c1-21-7-6-14(20-21)17(25)19-12-16(24)23-10-8-22(9-11-23)15-5-3-2-4-13(15)18/h2-7H,8-12H2,1H3,(H,19,25). The predicted molar refractivity (Wildman–Crippen MR) is 90.7 cm³/mol. The lowest BCUT2D eigenvalue weighted by atomic mass is 10.2. The van der Waals surface area contributed by atoms with Crippen molar-refractivity contribution >= 4 is 17.5 Å². The van der Waals surface area contributed by atoms with Gasteiger partial charge in [-0.2, -0.15) is 5.10 Å². The molecule has 2 heterocycles.